The average molecular weight is 288 g/mol. The van der Waals surface area contributed by atoms with E-state index in [1.807, 2.05) is 0 Å². The van der Waals surface area contributed by atoms with Crippen molar-refractivity contribution in [1.82, 2.24) is 0 Å². The Hall–Kier alpha value is -2.28. The largest absolute Gasteiger partial charge is 0.496 e. The molecule has 0 aliphatic rings. The van der Waals surface area contributed by atoms with Crippen molar-refractivity contribution in [1.29, 1.82) is 0 Å². The van der Waals surface area contributed by atoms with Gasteiger partial charge in [-0.2, -0.15) is 0 Å². The summed E-state index contributed by atoms with van der Waals surface area (Å²) in [6.07, 6.45) is 0. The Kier molecular flexibility index (Phi) is 2.65. The fourth-order valence-electron chi connectivity index (χ4n) is 3.40. The lowest BCUT2D eigenvalue weighted by molar-refractivity contribution is 0.420. The summed E-state index contributed by atoms with van der Waals surface area (Å²) in [7, 11) is 1.74. The van der Waals surface area contributed by atoms with Crippen LogP contribution < -0.4 is 4.74 Å². The van der Waals surface area contributed by atoms with Crippen molar-refractivity contribution in [2.24, 2.45) is 0 Å². The topological polar surface area (TPSA) is 9.23 Å². The molecule has 0 aliphatic carbocycles. The molecule has 0 aliphatic heterocycles. The first kappa shape index (κ1) is 13.4. The Labute approximate surface area is 130 Å². The van der Waals surface area contributed by atoms with Gasteiger partial charge in [-0.3, -0.25) is 0 Å². The summed E-state index contributed by atoms with van der Waals surface area (Å²) in [5, 5.41) is 7.76. The van der Waals surface area contributed by atoms with E-state index in [2.05, 4.69) is 69.3 Å². The maximum Gasteiger partial charge on any atom is 0.126 e. The summed E-state index contributed by atoms with van der Waals surface area (Å²) in [5.74, 6) is 0.946. The molecule has 0 atom stereocenters. The Bertz CT molecular complexity index is 971. The molecule has 1 heteroatoms. The van der Waals surface area contributed by atoms with Crippen molar-refractivity contribution in [3.05, 3.63) is 54.1 Å². The van der Waals surface area contributed by atoms with Gasteiger partial charge in [0, 0.05) is 10.8 Å². The molecule has 0 spiro atoms. The van der Waals surface area contributed by atoms with Crippen molar-refractivity contribution >= 4 is 32.3 Å². The summed E-state index contributed by atoms with van der Waals surface area (Å²) in [5.41, 5.74) is 1.53. The summed E-state index contributed by atoms with van der Waals surface area (Å²) < 4.78 is 5.55. The number of hydrogen-bond acceptors (Lipinski definition) is 1. The van der Waals surface area contributed by atoms with E-state index in [-0.39, 0.29) is 5.41 Å². The van der Waals surface area contributed by atoms with Gasteiger partial charge in [-0.1, -0.05) is 57.2 Å². The summed E-state index contributed by atoms with van der Waals surface area (Å²) in [6.45, 7) is 6.80. The minimum atomic E-state index is 0.155. The molecule has 1 nitrogen and oxygen atoms in total. The van der Waals surface area contributed by atoms with Crippen LogP contribution in [0.25, 0.3) is 32.3 Å². The summed E-state index contributed by atoms with van der Waals surface area (Å²) in [6, 6.07) is 17.8. The molecule has 0 bridgehead atoms. The van der Waals surface area contributed by atoms with Gasteiger partial charge < -0.3 is 4.74 Å². The molecule has 4 aromatic rings. The maximum atomic E-state index is 5.55. The number of rotatable bonds is 1. The Morgan fingerprint density at radius 2 is 1.32 bits per heavy atom. The normalized spacial score (nSPS) is 12.5. The van der Waals surface area contributed by atoms with Crippen molar-refractivity contribution in [3.63, 3.8) is 0 Å². The zero-order chi connectivity index (χ0) is 15.5. The quantitative estimate of drug-likeness (QED) is 0.397. The molecule has 0 aromatic heterocycles. The van der Waals surface area contributed by atoms with Crippen molar-refractivity contribution in [3.8, 4) is 5.75 Å². The molecule has 0 amide bonds. The number of ether oxygens (including phenoxy) is 1. The highest BCUT2D eigenvalue weighted by Crippen LogP contribution is 2.40. The highest BCUT2D eigenvalue weighted by atomic mass is 16.5. The first-order chi connectivity index (χ1) is 10.5. The van der Waals surface area contributed by atoms with Crippen LogP contribution in [0, 0.1) is 0 Å². The van der Waals surface area contributed by atoms with Gasteiger partial charge in [0.25, 0.3) is 0 Å². The van der Waals surface area contributed by atoms with E-state index in [0.29, 0.717) is 0 Å². The number of benzene rings is 4. The first-order valence-electron chi connectivity index (χ1n) is 7.75. The van der Waals surface area contributed by atoms with Gasteiger partial charge in [0.2, 0.25) is 0 Å². The van der Waals surface area contributed by atoms with E-state index in [9.17, 15) is 0 Å². The van der Waals surface area contributed by atoms with E-state index >= 15 is 0 Å². The van der Waals surface area contributed by atoms with E-state index in [1.54, 1.807) is 7.11 Å². The highest BCUT2D eigenvalue weighted by Gasteiger charge is 2.17. The average Bonchev–Trinajstić information content (AvgIpc) is 2.51. The number of hydrogen-bond donors (Lipinski definition) is 0. The Morgan fingerprint density at radius 3 is 1.95 bits per heavy atom. The SMILES string of the molecule is COc1ccc2ccc3cc(C(C)(C)C)cc4ccc1c2c34. The second-order valence-electron chi connectivity index (χ2n) is 7.09. The van der Waals surface area contributed by atoms with E-state index in [4.69, 9.17) is 4.74 Å². The molecular weight excluding hydrogens is 268 g/mol. The van der Waals surface area contributed by atoms with Crippen LogP contribution in [0.4, 0.5) is 0 Å². The lowest BCUT2D eigenvalue weighted by Gasteiger charge is -2.21. The molecular formula is C21H20O. The van der Waals surface area contributed by atoms with Gasteiger partial charge in [0.15, 0.2) is 0 Å². The van der Waals surface area contributed by atoms with Crippen LogP contribution >= 0.6 is 0 Å². The molecule has 0 heterocycles. The molecule has 110 valence electrons. The van der Waals surface area contributed by atoms with Crippen LogP contribution in [0.5, 0.6) is 5.75 Å². The predicted molar refractivity (Wildman–Crippen MR) is 95.4 cm³/mol. The van der Waals surface area contributed by atoms with Gasteiger partial charge in [0.1, 0.15) is 5.75 Å². The smallest absolute Gasteiger partial charge is 0.126 e. The Morgan fingerprint density at radius 1 is 0.727 bits per heavy atom. The maximum absolute atomic E-state index is 5.55. The Balaban J connectivity index is 2.22. The van der Waals surface area contributed by atoms with Crippen molar-refractivity contribution in [2.75, 3.05) is 7.11 Å². The highest BCUT2D eigenvalue weighted by molar-refractivity contribution is 6.24. The van der Waals surface area contributed by atoms with E-state index in [1.165, 1.54) is 37.9 Å². The zero-order valence-corrected chi connectivity index (χ0v) is 13.5. The molecule has 0 fully saturated rings. The molecule has 0 radical (unpaired) electrons. The number of methoxy groups -OCH3 is 1. The zero-order valence-electron chi connectivity index (χ0n) is 13.5. The van der Waals surface area contributed by atoms with Crippen LogP contribution in [-0.4, -0.2) is 7.11 Å². The van der Waals surface area contributed by atoms with Crippen molar-refractivity contribution in [2.45, 2.75) is 26.2 Å². The van der Waals surface area contributed by atoms with E-state index < -0.39 is 0 Å². The molecule has 22 heavy (non-hydrogen) atoms. The summed E-state index contributed by atoms with van der Waals surface area (Å²) in [4.78, 5) is 0. The first-order valence-corrected chi connectivity index (χ1v) is 7.75. The molecule has 0 N–H and O–H groups in total. The second-order valence-corrected chi connectivity index (χ2v) is 7.09. The third kappa shape index (κ3) is 1.78. The standard InChI is InChI=1S/C21H20O/c1-21(2,3)16-11-14-6-5-13-8-10-18(22-4)17-9-7-15(12-16)19(14)20(13)17/h5-12H,1-4H3. The molecule has 0 unspecified atom stereocenters. The molecule has 4 rings (SSSR count). The van der Waals surface area contributed by atoms with Gasteiger partial charge in [-0.05, 0) is 44.7 Å². The van der Waals surface area contributed by atoms with Crippen LogP contribution in [0.15, 0.2) is 48.5 Å². The third-order valence-corrected chi connectivity index (χ3v) is 4.65. The monoisotopic (exact) mass is 288 g/mol. The van der Waals surface area contributed by atoms with Crippen molar-refractivity contribution < 1.29 is 4.74 Å². The van der Waals surface area contributed by atoms with Gasteiger partial charge in [-0.25, -0.2) is 0 Å². The van der Waals surface area contributed by atoms with Crippen LogP contribution in [0.1, 0.15) is 26.3 Å². The van der Waals surface area contributed by atoms with Gasteiger partial charge in [-0.15, -0.1) is 0 Å². The van der Waals surface area contributed by atoms with Crippen LogP contribution in [-0.2, 0) is 5.41 Å². The molecule has 0 saturated heterocycles. The minimum Gasteiger partial charge on any atom is -0.496 e. The summed E-state index contributed by atoms with van der Waals surface area (Å²) >= 11 is 0. The fourth-order valence-corrected chi connectivity index (χ4v) is 3.40. The van der Waals surface area contributed by atoms with Crippen LogP contribution in [0.2, 0.25) is 0 Å². The molecule has 4 aromatic carbocycles. The van der Waals surface area contributed by atoms with E-state index in [0.717, 1.165) is 5.75 Å². The van der Waals surface area contributed by atoms with Gasteiger partial charge in [0.05, 0.1) is 7.11 Å². The minimum absolute atomic E-state index is 0.155. The molecule has 0 saturated carbocycles. The fraction of sp³-hybridized carbons (Fsp3) is 0.238. The third-order valence-electron chi connectivity index (χ3n) is 4.65. The second kappa shape index (κ2) is 4.36. The van der Waals surface area contributed by atoms with Crippen LogP contribution in [0.3, 0.4) is 0 Å². The predicted octanol–water partition coefficient (Wildman–Crippen LogP) is 5.89. The lowest BCUT2D eigenvalue weighted by atomic mass is 9.83. The van der Waals surface area contributed by atoms with Gasteiger partial charge >= 0.3 is 0 Å². The lowest BCUT2D eigenvalue weighted by Crippen LogP contribution is -2.10.